The zero-order chi connectivity index (χ0) is 14.7. The average Bonchev–Trinajstić information content (AvgIpc) is 2.53. The van der Waals surface area contributed by atoms with Gasteiger partial charge in [-0.2, -0.15) is 0 Å². The quantitative estimate of drug-likeness (QED) is 0.906. The van der Waals surface area contributed by atoms with E-state index in [2.05, 4.69) is 5.32 Å². The van der Waals surface area contributed by atoms with E-state index in [1.165, 1.54) is 0 Å². The summed E-state index contributed by atoms with van der Waals surface area (Å²) in [6.45, 7) is 1.78. The minimum atomic E-state index is -0.501. The third-order valence-electron chi connectivity index (χ3n) is 3.67. The van der Waals surface area contributed by atoms with E-state index in [0.29, 0.717) is 24.7 Å². The fraction of sp³-hybridized carbons (Fsp3) is 0.294. The second-order valence-electron chi connectivity index (χ2n) is 5.12. The van der Waals surface area contributed by atoms with Crippen molar-refractivity contribution in [3.63, 3.8) is 0 Å². The first-order chi connectivity index (χ1) is 10.3. The zero-order valence-corrected chi connectivity index (χ0v) is 12.0. The number of hydrogen-bond donors (Lipinski definition) is 2. The highest BCUT2D eigenvalue weighted by Gasteiger charge is 2.20. The van der Waals surface area contributed by atoms with E-state index in [1.807, 2.05) is 42.5 Å². The fourth-order valence-corrected chi connectivity index (χ4v) is 2.54. The molecule has 0 fully saturated rings. The van der Waals surface area contributed by atoms with E-state index in [4.69, 9.17) is 9.47 Å². The Morgan fingerprint density at radius 2 is 2.00 bits per heavy atom. The molecule has 0 aromatic heterocycles. The summed E-state index contributed by atoms with van der Waals surface area (Å²) in [4.78, 5) is 0. The van der Waals surface area contributed by atoms with Gasteiger partial charge in [0.2, 0.25) is 0 Å². The second kappa shape index (κ2) is 6.16. The number of fused-ring (bicyclic) bond motifs is 1. The molecule has 1 atom stereocenters. The number of aliphatic hydroxyl groups excluding tert-OH is 1. The van der Waals surface area contributed by atoms with Crippen LogP contribution in [-0.4, -0.2) is 18.8 Å². The van der Waals surface area contributed by atoms with Crippen LogP contribution < -0.4 is 14.8 Å². The van der Waals surface area contributed by atoms with E-state index < -0.39 is 6.10 Å². The molecular weight excluding hydrogens is 266 g/mol. The van der Waals surface area contributed by atoms with Crippen molar-refractivity contribution in [3.05, 3.63) is 59.2 Å². The molecular formula is C17H19NO3. The summed E-state index contributed by atoms with van der Waals surface area (Å²) in [7, 11) is 1.63. The molecule has 2 aromatic rings. The van der Waals surface area contributed by atoms with Crippen LogP contribution in [0.3, 0.4) is 0 Å². The molecule has 1 heterocycles. The van der Waals surface area contributed by atoms with Crippen molar-refractivity contribution in [1.29, 1.82) is 0 Å². The minimum absolute atomic E-state index is 0.477. The SMILES string of the molecule is COc1cc2c(cc1OCc1ccccc1)C(O)CNC2. The summed E-state index contributed by atoms with van der Waals surface area (Å²) < 4.78 is 11.3. The first-order valence-corrected chi connectivity index (χ1v) is 7.04. The Balaban J connectivity index is 1.85. The molecule has 1 aliphatic rings. The molecule has 4 heteroatoms. The molecule has 0 bridgehead atoms. The van der Waals surface area contributed by atoms with Crippen LogP contribution >= 0.6 is 0 Å². The lowest BCUT2D eigenvalue weighted by atomic mass is 9.98. The van der Waals surface area contributed by atoms with Gasteiger partial charge < -0.3 is 19.9 Å². The maximum Gasteiger partial charge on any atom is 0.162 e. The molecule has 0 spiro atoms. The van der Waals surface area contributed by atoms with Crippen molar-refractivity contribution in [2.24, 2.45) is 0 Å². The normalized spacial score (nSPS) is 17.1. The van der Waals surface area contributed by atoms with Crippen molar-refractivity contribution < 1.29 is 14.6 Å². The Morgan fingerprint density at radius 1 is 1.19 bits per heavy atom. The fourth-order valence-electron chi connectivity index (χ4n) is 2.54. The van der Waals surface area contributed by atoms with Gasteiger partial charge in [-0.3, -0.25) is 0 Å². The van der Waals surface area contributed by atoms with Gasteiger partial charge in [-0.25, -0.2) is 0 Å². The molecule has 21 heavy (non-hydrogen) atoms. The predicted molar refractivity (Wildman–Crippen MR) is 80.4 cm³/mol. The Labute approximate surface area is 124 Å². The third kappa shape index (κ3) is 3.01. The summed E-state index contributed by atoms with van der Waals surface area (Å²) >= 11 is 0. The Morgan fingerprint density at radius 3 is 2.76 bits per heavy atom. The van der Waals surface area contributed by atoms with Crippen LogP contribution in [0.1, 0.15) is 22.8 Å². The maximum absolute atomic E-state index is 10.1. The van der Waals surface area contributed by atoms with Gasteiger partial charge in [-0.1, -0.05) is 30.3 Å². The van der Waals surface area contributed by atoms with Gasteiger partial charge in [-0.15, -0.1) is 0 Å². The lowest BCUT2D eigenvalue weighted by Crippen LogP contribution is -2.28. The van der Waals surface area contributed by atoms with E-state index in [9.17, 15) is 5.11 Å². The molecule has 110 valence electrons. The van der Waals surface area contributed by atoms with Crippen LogP contribution in [0, 0.1) is 0 Å². The van der Waals surface area contributed by atoms with Gasteiger partial charge in [-0.05, 0) is 28.8 Å². The van der Waals surface area contributed by atoms with E-state index in [-0.39, 0.29) is 0 Å². The number of ether oxygens (including phenoxy) is 2. The van der Waals surface area contributed by atoms with E-state index in [1.54, 1.807) is 7.11 Å². The Kier molecular flexibility index (Phi) is 4.08. The predicted octanol–water partition coefficient (Wildman–Crippen LogP) is 2.41. The molecule has 2 aromatic carbocycles. The van der Waals surface area contributed by atoms with Crippen LogP contribution in [0.4, 0.5) is 0 Å². The van der Waals surface area contributed by atoms with Crippen LogP contribution in [0.25, 0.3) is 0 Å². The summed E-state index contributed by atoms with van der Waals surface area (Å²) in [6, 6.07) is 13.8. The molecule has 4 nitrogen and oxygen atoms in total. The summed E-state index contributed by atoms with van der Waals surface area (Å²) in [5, 5.41) is 13.2. The summed E-state index contributed by atoms with van der Waals surface area (Å²) in [5.41, 5.74) is 3.06. The number of benzene rings is 2. The highest BCUT2D eigenvalue weighted by Crippen LogP contribution is 2.35. The molecule has 3 rings (SSSR count). The zero-order valence-electron chi connectivity index (χ0n) is 12.0. The van der Waals surface area contributed by atoms with Gasteiger partial charge >= 0.3 is 0 Å². The number of hydrogen-bond acceptors (Lipinski definition) is 4. The van der Waals surface area contributed by atoms with E-state index >= 15 is 0 Å². The van der Waals surface area contributed by atoms with Crippen molar-refractivity contribution in [1.82, 2.24) is 5.32 Å². The van der Waals surface area contributed by atoms with Crippen LogP contribution in [-0.2, 0) is 13.2 Å². The number of β-amino-alcohol motifs (C(OH)–C–C–N with tert-alkyl or cyclic N) is 1. The number of methoxy groups -OCH3 is 1. The van der Waals surface area contributed by atoms with Gasteiger partial charge in [0.1, 0.15) is 6.61 Å². The Hall–Kier alpha value is -2.04. The number of rotatable bonds is 4. The van der Waals surface area contributed by atoms with Gasteiger partial charge in [0.25, 0.3) is 0 Å². The highest BCUT2D eigenvalue weighted by atomic mass is 16.5. The first kappa shape index (κ1) is 13.9. The monoisotopic (exact) mass is 285 g/mol. The minimum Gasteiger partial charge on any atom is -0.493 e. The van der Waals surface area contributed by atoms with Crippen LogP contribution in [0.5, 0.6) is 11.5 Å². The lowest BCUT2D eigenvalue weighted by Gasteiger charge is -2.24. The molecule has 1 unspecified atom stereocenters. The van der Waals surface area contributed by atoms with Gasteiger partial charge in [0.15, 0.2) is 11.5 Å². The molecule has 0 radical (unpaired) electrons. The second-order valence-corrected chi connectivity index (χ2v) is 5.12. The van der Waals surface area contributed by atoms with Crippen LogP contribution in [0.15, 0.2) is 42.5 Å². The standard InChI is InChI=1S/C17H19NO3/c1-20-16-7-13-9-18-10-15(19)14(13)8-17(16)21-11-12-5-3-2-4-6-12/h2-8,15,18-19H,9-11H2,1H3. The summed E-state index contributed by atoms with van der Waals surface area (Å²) in [6.07, 6.45) is -0.501. The van der Waals surface area contributed by atoms with Gasteiger partial charge in [0, 0.05) is 13.1 Å². The molecule has 0 saturated heterocycles. The van der Waals surface area contributed by atoms with Crippen molar-refractivity contribution >= 4 is 0 Å². The molecule has 2 N–H and O–H groups in total. The lowest BCUT2D eigenvalue weighted by molar-refractivity contribution is 0.164. The number of aliphatic hydroxyl groups is 1. The van der Waals surface area contributed by atoms with Crippen LogP contribution in [0.2, 0.25) is 0 Å². The van der Waals surface area contributed by atoms with E-state index in [0.717, 1.165) is 23.2 Å². The molecule has 0 saturated carbocycles. The van der Waals surface area contributed by atoms with Gasteiger partial charge in [0.05, 0.1) is 13.2 Å². The summed E-state index contributed by atoms with van der Waals surface area (Å²) in [5.74, 6) is 1.36. The van der Waals surface area contributed by atoms with Crippen molar-refractivity contribution in [2.75, 3.05) is 13.7 Å². The molecule has 0 aliphatic carbocycles. The largest absolute Gasteiger partial charge is 0.493 e. The smallest absolute Gasteiger partial charge is 0.162 e. The molecule has 0 amide bonds. The van der Waals surface area contributed by atoms with Crippen molar-refractivity contribution in [3.8, 4) is 11.5 Å². The first-order valence-electron chi connectivity index (χ1n) is 7.04. The number of nitrogens with one attached hydrogen (secondary N) is 1. The molecule has 1 aliphatic heterocycles. The average molecular weight is 285 g/mol. The maximum atomic E-state index is 10.1. The third-order valence-corrected chi connectivity index (χ3v) is 3.67. The highest BCUT2D eigenvalue weighted by molar-refractivity contribution is 5.49. The topological polar surface area (TPSA) is 50.7 Å². The van der Waals surface area contributed by atoms with Crippen molar-refractivity contribution in [2.45, 2.75) is 19.3 Å². The Bertz CT molecular complexity index is 613.